The number of rotatable bonds is 5. The lowest BCUT2D eigenvalue weighted by Gasteiger charge is -2.27. The summed E-state index contributed by atoms with van der Waals surface area (Å²) in [5, 5.41) is 31.7. The predicted octanol–water partition coefficient (Wildman–Crippen LogP) is 6.99. The molecule has 0 radical (unpaired) electrons. The van der Waals surface area contributed by atoms with Crippen molar-refractivity contribution in [3.05, 3.63) is 95.6 Å². The Hall–Kier alpha value is -4.12. The molecule has 0 amide bonds. The maximum atomic E-state index is 10.8. The normalized spacial score (nSPS) is 10.7. The first-order valence-corrected chi connectivity index (χ1v) is 10.3. The lowest BCUT2D eigenvalue weighted by molar-refractivity contribution is 0.411. The van der Waals surface area contributed by atoms with Crippen molar-refractivity contribution in [2.45, 2.75) is 20.8 Å². The van der Waals surface area contributed by atoms with E-state index in [4.69, 9.17) is 4.74 Å². The molecule has 4 rings (SSSR count). The quantitative estimate of drug-likeness (QED) is 0.320. The van der Waals surface area contributed by atoms with Gasteiger partial charge in [-0.3, -0.25) is 0 Å². The average Bonchev–Trinajstić information content (AvgIpc) is 2.77. The van der Waals surface area contributed by atoms with Crippen molar-refractivity contribution in [2.75, 3.05) is 4.90 Å². The molecule has 0 fully saturated rings. The molecule has 0 aliphatic rings. The fourth-order valence-corrected chi connectivity index (χ4v) is 3.56. The highest BCUT2D eigenvalue weighted by atomic mass is 16.5. The fourth-order valence-electron chi connectivity index (χ4n) is 3.56. The third-order valence-electron chi connectivity index (χ3n) is 5.35. The van der Waals surface area contributed by atoms with Crippen LogP contribution >= 0.6 is 0 Å². The number of anilines is 3. The topological polar surface area (TPSA) is 73.2 Å². The first-order chi connectivity index (χ1) is 15.3. The number of benzene rings is 4. The van der Waals surface area contributed by atoms with E-state index in [0.29, 0.717) is 22.9 Å². The smallest absolute Gasteiger partial charge is 0.169 e. The number of hydrogen-bond donors (Lipinski definition) is 3. The number of aryl methyl sites for hydroxylation is 3. The van der Waals surface area contributed by atoms with Gasteiger partial charge in [-0.15, -0.1) is 0 Å². The van der Waals surface area contributed by atoms with Crippen LogP contribution in [0.3, 0.4) is 0 Å². The molecular weight excluding hydrogens is 402 g/mol. The third-order valence-corrected chi connectivity index (χ3v) is 5.35. The van der Waals surface area contributed by atoms with Gasteiger partial charge in [0.2, 0.25) is 0 Å². The van der Waals surface area contributed by atoms with Crippen LogP contribution in [-0.4, -0.2) is 15.3 Å². The predicted molar refractivity (Wildman–Crippen MR) is 127 cm³/mol. The molecule has 0 atom stereocenters. The van der Waals surface area contributed by atoms with Crippen molar-refractivity contribution in [3.63, 3.8) is 0 Å². The van der Waals surface area contributed by atoms with Crippen LogP contribution in [0, 0.1) is 20.8 Å². The summed E-state index contributed by atoms with van der Waals surface area (Å²) in [5.41, 5.74) is 4.24. The zero-order chi connectivity index (χ0) is 22.8. The number of phenols is 3. The molecule has 4 aromatic carbocycles. The van der Waals surface area contributed by atoms with Crippen LogP contribution in [0.1, 0.15) is 16.7 Å². The van der Waals surface area contributed by atoms with E-state index in [9.17, 15) is 15.3 Å². The Labute approximate surface area is 187 Å². The van der Waals surface area contributed by atoms with Crippen molar-refractivity contribution in [1.29, 1.82) is 0 Å². The van der Waals surface area contributed by atoms with Gasteiger partial charge in [0.05, 0.1) is 11.4 Å². The summed E-state index contributed by atoms with van der Waals surface area (Å²) in [6, 6.07) is 23.5. The van der Waals surface area contributed by atoms with Crippen LogP contribution in [0.2, 0.25) is 0 Å². The number of hydrogen-bond acceptors (Lipinski definition) is 5. The minimum Gasteiger partial charge on any atom is -0.505 e. The van der Waals surface area contributed by atoms with Crippen LogP contribution in [0.15, 0.2) is 78.9 Å². The monoisotopic (exact) mass is 427 g/mol. The molecule has 0 bridgehead atoms. The van der Waals surface area contributed by atoms with Gasteiger partial charge in [-0.25, -0.2) is 0 Å². The molecule has 0 aromatic heterocycles. The highest BCUT2D eigenvalue weighted by Gasteiger charge is 2.20. The summed E-state index contributed by atoms with van der Waals surface area (Å²) in [6.07, 6.45) is 0. The van der Waals surface area contributed by atoms with Crippen molar-refractivity contribution in [3.8, 4) is 28.7 Å². The minimum absolute atomic E-state index is 0.0741. The van der Waals surface area contributed by atoms with Crippen molar-refractivity contribution >= 4 is 17.1 Å². The molecule has 162 valence electrons. The molecule has 0 unspecified atom stereocenters. The van der Waals surface area contributed by atoms with E-state index in [1.165, 1.54) is 0 Å². The fraction of sp³-hybridized carbons (Fsp3) is 0.111. The highest BCUT2D eigenvalue weighted by molar-refractivity contribution is 5.84. The van der Waals surface area contributed by atoms with E-state index < -0.39 is 0 Å². The maximum Gasteiger partial charge on any atom is 0.169 e. The lowest BCUT2D eigenvalue weighted by Crippen LogP contribution is -2.11. The Balaban J connectivity index is 1.76. The second-order valence-electron chi connectivity index (χ2n) is 7.79. The van der Waals surface area contributed by atoms with E-state index in [1.54, 1.807) is 41.3 Å². The molecule has 0 aliphatic heterocycles. The van der Waals surface area contributed by atoms with Crippen LogP contribution < -0.4 is 9.64 Å². The molecular formula is C27H25NO4. The molecule has 5 nitrogen and oxygen atoms in total. The van der Waals surface area contributed by atoms with Crippen molar-refractivity contribution < 1.29 is 20.1 Å². The summed E-state index contributed by atoms with van der Waals surface area (Å²) in [4.78, 5) is 1.80. The van der Waals surface area contributed by atoms with Crippen LogP contribution in [0.25, 0.3) is 0 Å². The Bertz CT molecular complexity index is 1210. The standard InChI is InChI=1S/C27H25NO4/c1-17-10-15-25(24(29)16-17)32-21-13-11-20(12-14-21)28(22-8-4-6-18(2)26(22)30)23-9-5-7-19(3)27(23)31/h4-16,29-31H,1-3H3. The van der Waals surface area contributed by atoms with Gasteiger partial charge in [0.15, 0.2) is 11.5 Å². The molecule has 32 heavy (non-hydrogen) atoms. The summed E-state index contributed by atoms with van der Waals surface area (Å²) < 4.78 is 5.83. The maximum absolute atomic E-state index is 10.8. The molecule has 5 heteroatoms. The minimum atomic E-state index is 0.0741. The molecule has 0 spiro atoms. The van der Waals surface area contributed by atoms with E-state index in [1.807, 2.05) is 63.2 Å². The summed E-state index contributed by atoms with van der Waals surface area (Å²) in [5.74, 6) is 1.27. The van der Waals surface area contributed by atoms with E-state index in [0.717, 1.165) is 22.4 Å². The molecule has 0 saturated carbocycles. The third kappa shape index (κ3) is 4.05. The summed E-state index contributed by atoms with van der Waals surface area (Å²) in [6.45, 7) is 5.56. The van der Waals surface area contributed by atoms with Gasteiger partial charge in [-0.2, -0.15) is 0 Å². The van der Waals surface area contributed by atoms with Gasteiger partial charge in [-0.05, 0) is 86.0 Å². The first kappa shape index (κ1) is 21.1. The van der Waals surface area contributed by atoms with Gasteiger partial charge < -0.3 is 25.0 Å². The zero-order valence-corrected chi connectivity index (χ0v) is 18.2. The number of aromatic hydroxyl groups is 3. The average molecular weight is 428 g/mol. The molecule has 3 N–H and O–H groups in total. The van der Waals surface area contributed by atoms with E-state index in [-0.39, 0.29) is 17.2 Å². The van der Waals surface area contributed by atoms with Crippen molar-refractivity contribution in [2.24, 2.45) is 0 Å². The summed E-state index contributed by atoms with van der Waals surface area (Å²) in [7, 11) is 0. The SMILES string of the molecule is Cc1ccc(Oc2ccc(N(c3cccc(C)c3O)c3cccc(C)c3O)cc2)c(O)c1. The molecule has 4 aromatic rings. The number of nitrogens with zero attached hydrogens (tertiary/aromatic N) is 1. The van der Waals surface area contributed by atoms with Gasteiger partial charge in [-0.1, -0.05) is 30.3 Å². The number of ether oxygens (including phenoxy) is 1. The molecule has 0 aliphatic carbocycles. The van der Waals surface area contributed by atoms with Gasteiger partial charge in [0.1, 0.15) is 17.2 Å². The molecule has 0 heterocycles. The van der Waals surface area contributed by atoms with Crippen LogP contribution in [0.5, 0.6) is 28.7 Å². The van der Waals surface area contributed by atoms with E-state index >= 15 is 0 Å². The lowest BCUT2D eigenvalue weighted by atomic mass is 10.1. The van der Waals surface area contributed by atoms with Crippen LogP contribution in [0.4, 0.5) is 17.1 Å². The Kier molecular flexibility index (Phi) is 5.65. The first-order valence-electron chi connectivity index (χ1n) is 10.3. The Morgan fingerprint density at radius 2 is 1.22 bits per heavy atom. The van der Waals surface area contributed by atoms with Crippen molar-refractivity contribution in [1.82, 2.24) is 0 Å². The van der Waals surface area contributed by atoms with Gasteiger partial charge >= 0.3 is 0 Å². The summed E-state index contributed by atoms with van der Waals surface area (Å²) >= 11 is 0. The van der Waals surface area contributed by atoms with Crippen LogP contribution in [-0.2, 0) is 0 Å². The largest absolute Gasteiger partial charge is 0.505 e. The second kappa shape index (κ2) is 8.55. The Morgan fingerprint density at radius 1 is 0.656 bits per heavy atom. The van der Waals surface area contributed by atoms with E-state index in [2.05, 4.69) is 0 Å². The number of para-hydroxylation sites is 2. The molecule has 0 saturated heterocycles. The van der Waals surface area contributed by atoms with Gasteiger partial charge in [0.25, 0.3) is 0 Å². The second-order valence-corrected chi connectivity index (χ2v) is 7.79. The Morgan fingerprint density at radius 3 is 1.75 bits per heavy atom. The zero-order valence-electron chi connectivity index (χ0n) is 18.2. The van der Waals surface area contributed by atoms with Gasteiger partial charge in [0, 0.05) is 5.69 Å². The highest BCUT2D eigenvalue weighted by Crippen LogP contribution is 2.45. The number of phenolic OH excluding ortho intramolecular Hbond substituents is 3.